The molecule has 1 aliphatic heterocycles. The van der Waals surface area contributed by atoms with E-state index in [0.717, 1.165) is 31.8 Å². The fourth-order valence-corrected chi connectivity index (χ4v) is 1.96. The van der Waals surface area contributed by atoms with Gasteiger partial charge < -0.3 is 10.6 Å². The second-order valence-corrected chi connectivity index (χ2v) is 4.83. The van der Waals surface area contributed by atoms with E-state index in [-0.39, 0.29) is 0 Å². The van der Waals surface area contributed by atoms with Crippen LogP contribution in [0.2, 0.25) is 0 Å². The van der Waals surface area contributed by atoms with Crippen LogP contribution >= 0.6 is 0 Å². The van der Waals surface area contributed by atoms with Crippen LogP contribution in [0.1, 0.15) is 12.8 Å². The Kier molecular flexibility index (Phi) is 4.80. The second kappa shape index (κ2) is 5.67. The maximum absolute atomic E-state index is 10.7. The molecule has 12 heavy (non-hydrogen) atoms. The molecular weight excluding hydrogens is 172 g/mol. The average molecular weight is 190 g/mol. The molecule has 1 heterocycles. The first-order chi connectivity index (χ1) is 5.79. The molecule has 0 aromatic rings. The van der Waals surface area contributed by atoms with Gasteiger partial charge in [-0.2, -0.15) is 0 Å². The first kappa shape index (κ1) is 10.2. The highest BCUT2D eigenvalue weighted by Gasteiger charge is 2.12. The SMILES string of the molecule is CS(=O)CCCNC1CCNC1. The summed E-state index contributed by atoms with van der Waals surface area (Å²) in [5.41, 5.74) is 0. The Bertz CT molecular complexity index is 146. The van der Waals surface area contributed by atoms with Crippen molar-refractivity contribution in [2.75, 3.05) is 31.6 Å². The van der Waals surface area contributed by atoms with E-state index < -0.39 is 10.8 Å². The number of nitrogens with one attached hydrogen (secondary N) is 2. The van der Waals surface area contributed by atoms with Crippen molar-refractivity contribution in [3.63, 3.8) is 0 Å². The molecule has 2 N–H and O–H groups in total. The van der Waals surface area contributed by atoms with Gasteiger partial charge in [0.15, 0.2) is 0 Å². The van der Waals surface area contributed by atoms with Gasteiger partial charge in [0.2, 0.25) is 0 Å². The van der Waals surface area contributed by atoms with Crippen molar-refractivity contribution in [2.45, 2.75) is 18.9 Å². The van der Waals surface area contributed by atoms with Gasteiger partial charge in [0.05, 0.1) is 0 Å². The molecule has 1 aliphatic rings. The van der Waals surface area contributed by atoms with Gasteiger partial charge >= 0.3 is 0 Å². The summed E-state index contributed by atoms with van der Waals surface area (Å²) in [7, 11) is -0.624. The molecule has 3 nitrogen and oxygen atoms in total. The molecule has 0 saturated carbocycles. The van der Waals surface area contributed by atoms with Crippen LogP contribution in [0.4, 0.5) is 0 Å². The number of rotatable bonds is 5. The molecule has 0 aromatic carbocycles. The lowest BCUT2D eigenvalue weighted by molar-refractivity contribution is 0.545. The van der Waals surface area contributed by atoms with Gasteiger partial charge in [-0.05, 0) is 25.9 Å². The van der Waals surface area contributed by atoms with Crippen LogP contribution in [0.15, 0.2) is 0 Å². The van der Waals surface area contributed by atoms with Crippen LogP contribution in [0, 0.1) is 0 Å². The van der Waals surface area contributed by atoms with Gasteiger partial charge in [-0.15, -0.1) is 0 Å². The van der Waals surface area contributed by atoms with Gasteiger partial charge in [-0.3, -0.25) is 4.21 Å². The van der Waals surface area contributed by atoms with Gasteiger partial charge in [-0.1, -0.05) is 0 Å². The lowest BCUT2D eigenvalue weighted by atomic mass is 10.2. The summed E-state index contributed by atoms with van der Waals surface area (Å²) >= 11 is 0. The van der Waals surface area contributed by atoms with Crippen molar-refractivity contribution in [1.29, 1.82) is 0 Å². The summed E-state index contributed by atoms with van der Waals surface area (Å²) < 4.78 is 10.7. The monoisotopic (exact) mass is 190 g/mol. The van der Waals surface area contributed by atoms with E-state index in [1.165, 1.54) is 6.42 Å². The summed E-state index contributed by atoms with van der Waals surface area (Å²) in [6, 6.07) is 0.648. The molecule has 2 atom stereocenters. The maximum atomic E-state index is 10.7. The minimum Gasteiger partial charge on any atom is -0.315 e. The molecule has 1 saturated heterocycles. The maximum Gasteiger partial charge on any atom is 0.0244 e. The van der Waals surface area contributed by atoms with E-state index >= 15 is 0 Å². The molecular formula is C8H18N2OS. The Hall–Kier alpha value is 0.0700. The molecule has 72 valence electrons. The lowest BCUT2D eigenvalue weighted by Crippen LogP contribution is -2.32. The van der Waals surface area contributed by atoms with Crippen molar-refractivity contribution in [3.8, 4) is 0 Å². The highest BCUT2D eigenvalue weighted by molar-refractivity contribution is 7.84. The van der Waals surface area contributed by atoms with E-state index in [1.54, 1.807) is 6.26 Å². The van der Waals surface area contributed by atoms with Gasteiger partial charge in [0.25, 0.3) is 0 Å². The topological polar surface area (TPSA) is 41.1 Å². The lowest BCUT2D eigenvalue weighted by Gasteiger charge is -2.09. The quantitative estimate of drug-likeness (QED) is 0.585. The Morgan fingerprint density at radius 2 is 2.50 bits per heavy atom. The van der Waals surface area contributed by atoms with Crippen LogP contribution in [0.5, 0.6) is 0 Å². The highest BCUT2D eigenvalue weighted by Crippen LogP contribution is 1.96. The molecule has 4 heteroatoms. The van der Waals surface area contributed by atoms with Crippen LogP contribution in [-0.2, 0) is 10.8 Å². The second-order valence-electron chi connectivity index (χ2n) is 3.27. The molecule has 0 aromatic heterocycles. The highest BCUT2D eigenvalue weighted by atomic mass is 32.2. The Labute approximate surface area is 76.8 Å². The van der Waals surface area contributed by atoms with Crippen molar-refractivity contribution in [3.05, 3.63) is 0 Å². The predicted octanol–water partition coefficient (Wildman–Crippen LogP) is -0.293. The fraction of sp³-hybridized carbons (Fsp3) is 1.00. The summed E-state index contributed by atoms with van der Waals surface area (Å²) in [6.07, 6.45) is 4.02. The molecule has 1 fully saturated rings. The van der Waals surface area contributed by atoms with E-state index in [1.807, 2.05) is 0 Å². The molecule has 2 unspecified atom stereocenters. The predicted molar refractivity (Wildman–Crippen MR) is 52.8 cm³/mol. The number of hydrogen-bond acceptors (Lipinski definition) is 3. The van der Waals surface area contributed by atoms with Crippen LogP contribution in [0.25, 0.3) is 0 Å². The van der Waals surface area contributed by atoms with Gasteiger partial charge in [0.1, 0.15) is 0 Å². The van der Waals surface area contributed by atoms with Crippen molar-refractivity contribution in [2.24, 2.45) is 0 Å². The third kappa shape index (κ3) is 4.18. The smallest absolute Gasteiger partial charge is 0.0244 e. The largest absolute Gasteiger partial charge is 0.315 e. The first-order valence-corrected chi connectivity index (χ1v) is 6.26. The minimum atomic E-state index is -0.624. The van der Waals surface area contributed by atoms with Crippen molar-refractivity contribution < 1.29 is 4.21 Å². The third-order valence-corrected chi connectivity index (χ3v) is 2.97. The van der Waals surface area contributed by atoms with E-state index in [2.05, 4.69) is 10.6 Å². The van der Waals surface area contributed by atoms with E-state index in [4.69, 9.17) is 0 Å². The van der Waals surface area contributed by atoms with Crippen LogP contribution in [-0.4, -0.2) is 41.9 Å². The molecule has 0 spiro atoms. The van der Waals surface area contributed by atoms with Crippen molar-refractivity contribution in [1.82, 2.24) is 10.6 Å². The summed E-state index contributed by atoms with van der Waals surface area (Å²) in [4.78, 5) is 0. The standard InChI is InChI=1S/C8H18N2OS/c1-12(11)6-2-4-10-8-3-5-9-7-8/h8-10H,2-7H2,1H3. The zero-order chi connectivity index (χ0) is 8.81. The number of hydrogen-bond donors (Lipinski definition) is 2. The normalized spacial score (nSPS) is 25.9. The zero-order valence-corrected chi connectivity index (χ0v) is 8.45. The summed E-state index contributed by atoms with van der Waals surface area (Å²) in [5, 5.41) is 6.74. The molecule has 0 aliphatic carbocycles. The van der Waals surface area contributed by atoms with E-state index in [0.29, 0.717) is 6.04 Å². The molecule has 0 amide bonds. The zero-order valence-electron chi connectivity index (χ0n) is 7.64. The Balaban J connectivity index is 1.91. The van der Waals surface area contributed by atoms with Gasteiger partial charge in [-0.25, -0.2) is 0 Å². The first-order valence-electron chi connectivity index (χ1n) is 4.53. The Morgan fingerprint density at radius 3 is 3.08 bits per heavy atom. The average Bonchev–Trinajstić information content (AvgIpc) is 2.49. The molecule has 0 radical (unpaired) electrons. The van der Waals surface area contributed by atoms with Crippen LogP contribution in [0.3, 0.4) is 0 Å². The fourth-order valence-electron chi connectivity index (χ4n) is 1.41. The van der Waals surface area contributed by atoms with Crippen molar-refractivity contribution >= 4 is 10.8 Å². The summed E-state index contributed by atoms with van der Waals surface area (Å²) in [6.45, 7) is 3.23. The molecule has 0 bridgehead atoms. The Morgan fingerprint density at radius 1 is 1.67 bits per heavy atom. The van der Waals surface area contributed by atoms with Gasteiger partial charge in [0, 0.05) is 35.4 Å². The van der Waals surface area contributed by atoms with E-state index in [9.17, 15) is 4.21 Å². The summed E-state index contributed by atoms with van der Waals surface area (Å²) in [5.74, 6) is 0.827. The minimum absolute atomic E-state index is 0.624. The third-order valence-electron chi connectivity index (χ3n) is 2.10. The molecule has 1 rings (SSSR count). The van der Waals surface area contributed by atoms with Crippen LogP contribution < -0.4 is 10.6 Å².